The van der Waals surface area contributed by atoms with Crippen molar-refractivity contribution < 1.29 is 9.59 Å². The summed E-state index contributed by atoms with van der Waals surface area (Å²) in [6.07, 6.45) is 3.08. The summed E-state index contributed by atoms with van der Waals surface area (Å²) in [5.41, 5.74) is 9.09. The molecule has 4 heteroatoms. The van der Waals surface area contributed by atoms with E-state index >= 15 is 0 Å². The van der Waals surface area contributed by atoms with E-state index in [4.69, 9.17) is 5.73 Å². The number of carbonyl (C=O) groups excluding carboxylic acids is 2. The second kappa shape index (κ2) is 6.72. The van der Waals surface area contributed by atoms with Crippen LogP contribution < -0.4 is 11.1 Å². The number of hydrogen-bond acceptors (Lipinski definition) is 3. The summed E-state index contributed by atoms with van der Waals surface area (Å²) in [5, 5.41) is 2.99. The zero-order valence-electron chi connectivity index (χ0n) is 12.6. The fourth-order valence-electron chi connectivity index (χ4n) is 2.04. The first-order chi connectivity index (χ1) is 10.5. The number of ketones is 1. The van der Waals surface area contributed by atoms with Gasteiger partial charge in [-0.05, 0) is 49.7 Å². The molecule has 0 aliphatic rings. The van der Waals surface area contributed by atoms with Crippen LogP contribution in [0.15, 0.2) is 54.7 Å². The topological polar surface area (TPSA) is 72.2 Å². The molecular weight excluding hydrogens is 276 g/mol. The van der Waals surface area contributed by atoms with Gasteiger partial charge in [-0.2, -0.15) is 0 Å². The molecule has 112 valence electrons. The van der Waals surface area contributed by atoms with Crippen molar-refractivity contribution in [3.8, 4) is 0 Å². The number of primary amides is 1. The van der Waals surface area contributed by atoms with Crippen LogP contribution >= 0.6 is 0 Å². The summed E-state index contributed by atoms with van der Waals surface area (Å²) in [7, 11) is 0. The Bertz CT molecular complexity index is 731. The maximum absolute atomic E-state index is 12.2. The summed E-state index contributed by atoms with van der Waals surface area (Å²) in [5.74, 6) is -0.519. The molecule has 0 aromatic heterocycles. The highest BCUT2D eigenvalue weighted by Gasteiger charge is 2.05. The minimum atomic E-state index is -0.466. The summed E-state index contributed by atoms with van der Waals surface area (Å²) >= 11 is 0. The quantitative estimate of drug-likeness (QED) is 0.657. The van der Waals surface area contributed by atoms with E-state index in [1.807, 2.05) is 32.0 Å². The highest BCUT2D eigenvalue weighted by Crippen LogP contribution is 2.13. The van der Waals surface area contributed by atoms with Crippen molar-refractivity contribution in [1.82, 2.24) is 0 Å². The Morgan fingerprint density at radius 2 is 1.73 bits per heavy atom. The number of rotatable bonds is 5. The predicted octanol–water partition coefficient (Wildman–Crippen LogP) is 3.21. The van der Waals surface area contributed by atoms with Crippen LogP contribution in [-0.4, -0.2) is 11.7 Å². The normalized spacial score (nSPS) is 10.6. The highest BCUT2D eigenvalue weighted by atomic mass is 16.1. The predicted molar refractivity (Wildman–Crippen MR) is 88.0 cm³/mol. The van der Waals surface area contributed by atoms with Gasteiger partial charge in [-0.1, -0.05) is 17.7 Å². The van der Waals surface area contributed by atoms with Crippen LogP contribution in [0.3, 0.4) is 0 Å². The number of hydrogen-bond donors (Lipinski definition) is 2. The Labute approximate surface area is 129 Å². The van der Waals surface area contributed by atoms with E-state index < -0.39 is 5.91 Å². The van der Waals surface area contributed by atoms with Gasteiger partial charge >= 0.3 is 0 Å². The molecule has 0 heterocycles. The van der Waals surface area contributed by atoms with Gasteiger partial charge in [0.05, 0.1) is 0 Å². The molecule has 0 unspecified atom stereocenters. The summed E-state index contributed by atoms with van der Waals surface area (Å²) in [4.78, 5) is 23.1. The number of amides is 1. The minimum absolute atomic E-state index is 0.0533. The second-order valence-electron chi connectivity index (χ2n) is 5.10. The molecular formula is C18H18N2O2. The number of anilines is 1. The monoisotopic (exact) mass is 294 g/mol. The fraction of sp³-hybridized carbons (Fsp3) is 0.111. The molecule has 0 aliphatic carbocycles. The summed E-state index contributed by atoms with van der Waals surface area (Å²) < 4.78 is 0. The first-order valence-electron chi connectivity index (χ1n) is 6.92. The van der Waals surface area contributed by atoms with Gasteiger partial charge in [-0.3, -0.25) is 9.59 Å². The van der Waals surface area contributed by atoms with E-state index in [9.17, 15) is 9.59 Å². The number of carbonyl (C=O) groups is 2. The van der Waals surface area contributed by atoms with E-state index in [0.717, 1.165) is 16.8 Å². The molecule has 0 saturated heterocycles. The number of nitrogens with two attached hydrogens (primary N) is 1. The summed E-state index contributed by atoms with van der Waals surface area (Å²) in [6, 6.07) is 12.5. The van der Waals surface area contributed by atoms with E-state index in [-0.39, 0.29) is 5.78 Å². The number of benzene rings is 2. The molecule has 0 fully saturated rings. The second-order valence-corrected chi connectivity index (χ2v) is 5.10. The van der Waals surface area contributed by atoms with Gasteiger partial charge in [0.1, 0.15) is 0 Å². The Morgan fingerprint density at radius 1 is 1.05 bits per heavy atom. The van der Waals surface area contributed by atoms with Crippen LogP contribution in [-0.2, 0) is 0 Å². The van der Waals surface area contributed by atoms with Crippen molar-refractivity contribution in [2.75, 3.05) is 5.32 Å². The molecule has 22 heavy (non-hydrogen) atoms. The molecule has 0 spiro atoms. The minimum Gasteiger partial charge on any atom is -0.366 e. The number of allylic oxidation sites excluding steroid dienone is 1. The lowest BCUT2D eigenvalue weighted by Crippen LogP contribution is -2.10. The van der Waals surface area contributed by atoms with Gasteiger partial charge < -0.3 is 11.1 Å². The van der Waals surface area contributed by atoms with Gasteiger partial charge in [0, 0.05) is 29.1 Å². The first kappa shape index (κ1) is 15.5. The van der Waals surface area contributed by atoms with Crippen LogP contribution in [0.1, 0.15) is 31.8 Å². The van der Waals surface area contributed by atoms with Crippen molar-refractivity contribution >= 4 is 17.4 Å². The average molecular weight is 294 g/mol. The van der Waals surface area contributed by atoms with E-state index in [1.54, 1.807) is 30.5 Å². The van der Waals surface area contributed by atoms with Gasteiger partial charge in [-0.15, -0.1) is 0 Å². The number of nitrogens with one attached hydrogen (secondary N) is 1. The maximum Gasteiger partial charge on any atom is 0.248 e. The van der Waals surface area contributed by atoms with Gasteiger partial charge in [0.25, 0.3) is 0 Å². The smallest absolute Gasteiger partial charge is 0.248 e. The van der Waals surface area contributed by atoms with E-state index in [1.165, 1.54) is 6.08 Å². The lowest BCUT2D eigenvalue weighted by Gasteiger charge is -2.04. The maximum atomic E-state index is 12.2. The van der Waals surface area contributed by atoms with Crippen molar-refractivity contribution in [2.45, 2.75) is 13.8 Å². The lowest BCUT2D eigenvalue weighted by molar-refractivity contribution is 0.0999. The standard InChI is InChI=1S/C18H18N2O2/c1-12-3-4-13(2)16(11-12)17(21)9-10-20-15-7-5-14(6-8-15)18(19)22/h3-11,20H,1-2H3,(H2,19,22)/b10-9+. The third-order valence-corrected chi connectivity index (χ3v) is 3.31. The summed E-state index contributed by atoms with van der Waals surface area (Å²) in [6.45, 7) is 3.87. The van der Waals surface area contributed by atoms with Gasteiger partial charge in [0.2, 0.25) is 5.91 Å². The first-order valence-corrected chi connectivity index (χ1v) is 6.92. The molecule has 2 aromatic rings. The molecule has 3 N–H and O–H groups in total. The van der Waals surface area contributed by atoms with Crippen molar-refractivity contribution in [3.63, 3.8) is 0 Å². The third-order valence-electron chi connectivity index (χ3n) is 3.31. The Morgan fingerprint density at radius 3 is 2.36 bits per heavy atom. The molecule has 0 saturated carbocycles. The molecule has 0 radical (unpaired) electrons. The number of aryl methyl sites for hydroxylation is 2. The molecule has 0 atom stereocenters. The lowest BCUT2D eigenvalue weighted by atomic mass is 10.0. The Hall–Kier alpha value is -2.88. The van der Waals surface area contributed by atoms with E-state index in [0.29, 0.717) is 11.1 Å². The van der Waals surface area contributed by atoms with Gasteiger partial charge in [-0.25, -0.2) is 0 Å². The zero-order chi connectivity index (χ0) is 16.1. The van der Waals surface area contributed by atoms with Crippen LogP contribution in [0.4, 0.5) is 5.69 Å². The van der Waals surface area contributed by atoms with Crippen LogP contribution in [0.5, 0.6) is 0 Å². The zero-order valence-corrected chi connectivity index (χ0v) is 12.6. The SMILES string of the molecule is Cc1ccc(C)c(C(=O)/C=C/Nc2ccc(C(N)=O)cc2)c1. The Balaban J connectivity index is 2.04. The van der Waals surface area contributed by atoms with Crippen LogP contribution in [0.25, 0.3) is 0 Å². The molecule has 1 amide bonds. The fourth-order valence-corrected chi connectivity index (χ4v) is 2.04. The van der Waals surface area contributed by atoms with E-state index in [2.05, 4.69) is 5.32 Å². The van der Waals surface area contributed by atoms with Crippen molar-refractivity contribution in [3.05, 3.63) is 77.0 Å². The molecule has 0 aliphatic heterocycles. The largest absolute Gasteiger partial charge is 0.366 e. The molecule has 2 rings (SSSR count). The highest BCUT2D eigenvalue weighted by molar-refractivity contribution is 6.05. The average Bonchev–Trinajstić information content (AvgIpc) is 2.50. The van der Waals surface area contributed by atoms with Crippen LogP contribution in [0.2, 0.25) is 0 Å². The Kier molecular flexibility index (Phi) is 4.73. The third kappa shape index (κ3) is 3.82. The molecule has 2 aromatic carbocycles. The van der Waals surface area contributed by atoms with Crippen molar-refractivity contribution in [2.24, 2.45) is 5.73 Å². The van der Waals surface area contributed by atoms with Gasteiger partial charge in [0.15, 0.2) is 5.78 Å². The molecule has 4 nitrogen and oxygen atoms in total. The van der Waals surface area contributed by atoms with Crippen LogP contribution in [0, 0.1) is 13.8 Å². The van der Waals surface area contributed by atoms with Crippen molar-refractivity contribution in [1.29, 1.82) is 0 Å². The molecule has 0 bridgehead atoms.